The Labute approximate surface area is 114 Å². The number of rotatable bonds is 6. The zero-order valence-electron chi connectivity index (χ0n) is 9.94. The summed E-state index contributed by atoms with van der Waals surface area (Å²) in [7, 11) is -3.75. The van der Waals surface area contributed by atoms with Gasteiger partial charge >= 0.3 is 5.97 Å². The van der Waals surface area contributed by atoms with Gasteiger partial charge in [-0.15, -0.1) is 0 Å². The van der Waals surface area contributed by atoms with Crippen LogP contribution in [0.25, 0.3) is 0 Å². The molecule has 0 amide bonds. The van der Waals surface area contributed by atoms with Crippen molar-refractivity contribution in [3.05, 3.63) is 16.5 Å². The van der Waals surface area contributed by atoms with Crippen LogP contribution in [0.15, 0.2) is 20.0 Å². The molecule has 0 radical (unpaired) electrons. The average Bonchev–Trinajstić information content (AvgIpc) is 2.60. The molecule has 0 aliphatic rings. The minimum atomic E-state index is -3.75. The van der Waals surface area contributed by atoms with Gasteiger partial charge in [-0.25, -0.2) is 17.9 Å². The number of hydrogen-bond acceptors (Lipinski definition) is 4. The molecule has 1 aromatic heterocycles. The van der Waals surface area contributed by atoms with Crippen molar-refractivity contribution >= 4 is 31.9 Å². The zero-order valence-corrected chi connectivity index (χ0v) is 12.3. The van der Waals surface area contributed by atoms with E-state index < -0.39 is 21.8 Å². The van der Waals surface area contributed by atoms with Gasteiger partial charge in [0.15, 0.2) is 4.67 Å². The number of carboxylic acid groups (broad SMARTS) is 1. The molecule has 0 saturated heterocycles. The maximum atomic E-state index is 11.9. The van der Waals surface area contributed by atoms with Gasteiger partial charge in [-0.2, -0.15) is 0 Å². The van der Waals surface area contributed by atoms with E-state index in [0.29, 0.717) is 18.9 Å². The maximum absolute atomic E-state index is 11.9. The van der Waals surface area contributed by atoms with Gasteiger partial charge in [0.25, 0.3) is 0 Å². The maximum Gasteiger partial charge on any atom is 0.371 e. The Balaban J connectivity index is 2.88. The van der Waals surface area contributed by atoms with E-state index in [1.165, 1.54) is 0 Å². The van der Waals surface area contributed by atoms with Crippen molar-refractivity contribution in [2.45, 2.75) is 25.2 Å². The Hall–Kier alpha value is -0.860. The molecule has 8 heteroatoms. The molecule has 0 aliphatic carbocycles. The summed E-state index contributed by atoms with van der Waals surface area (Å²) in [6.07, 6.45) is 0.695. The van der Waals surface area contributed by atoms with E-state index in [1.807, 2.05) is 13.8 Å². The zero-order chi connectivity index (χ0) is 13.9. The average molecular weight is 340 g/mol. The Morgan fingerprint density at radius 1 is 1.56 bits per heavy atom. The van der Waals surface area contributed by atoms with Crippen LogP contribution >= 0.6 is 15.9 Å². The highest BCUT2D eigenvalue weighted by Gasteiger charge is 2.24. The molecule has 0 aromatic carbocycles. The lowest BCUT2D eigenvalue weighted by Gasteiger charge is -2.06. The Bertz CT molecular complexity index is 534. The fourth-order valence-corrected chi connectivity index (χ4v) is 3.19. The number of carbonyl (C=O) groups is 1. The van der Waals surface area contributed by atoms with Gasteiger partial charge in [-0.05, 0) is 28.3 Å². The van der Waals surface area contributed by atoms with Crippen LogP contribution in [0.5, 0.6) is 0 Å². The molecule has 1 heterocycles. The van der Waals surface area contributed by atoms with Crippen LogP contribution < -0.4 is 4.72 Å². The standard InChI is InChI=1S/C10H14BrNO5S/c1-6(2)3-4-12-18(15,16)8-5-7(10(13)14)17-9(8)11/h5-6,12H,3-4H2,1-2H3,(H,13,14). The summed E-state index contributed by atoms with van der Waals surface area (Å²) in [5.41, 5.74) is 0. The summed E-state index contributed by atoms with van der Waals surface area (Å²) in [6, 6.07) is 0.976. The molecule has 2 N–H and O–H groups in total. The molecule has 0 fully saturated rings. The van der Waals surface area contributed by atoms with Crippen molar-refractivity contribution in [1.29, 1.82) is 0 Å². The highest BCUT2D eigenvalue weighted by atomic mass is 79.9. The largest absolute Gasteiger partial charge is 0.475 e. The summed E-state index contributed by atoms with van der Waals surface area (Å²) in [5, 5.41) is 8.71. The Morgan fingerprint density at radius 3 is 2.61 bits per heavy atom. The molecule has 0 bridgehead atoms. The van der Waals surface area contributed by atoms with Crippen molar-refractivity contribution in [2.24, 2.45) is 5.92 Å². The second-order valence-corrected chi connectivity index (χ2v) is 6.59. The van der Waals surface area contributed by atoms with Crippen molar-refractivity contribution < 1.29 is 22.7 Å². The van der Waals surface area contributed by atoms with Crippen molar-refractivity contribution in [3.63, 3.8) is 0 Å². The number of sulfonamides is 1. The molecule has 6 nitrogen and oxygen atoms in total. The number of carboxylic acids is 1. The number of halogens is 1. The summed E-state index contributed by atoms with van der Waals surface area (Å²) in [6.45, 7) is 4.25. The van der Waals surface area contributed by atoms with E-state index in [9.17, 15) is 13.2 Å². The van der Waals surface area contributed by atoms with Crippen LogP contribution in [0.2, 0.25) is 0 Å². The number of nitrogens with one attached hydrogen (secondary N) is 1. The fourth-order valence-electron chi connectivity index (χ4n) is 1.20. The van der Waals surface area contributed by atoms with Gasteiger partial charge in [0, 0.05) is 12.6 Å². The quantitative estimate of drug-likeness (QED) is 0.826. The van der Waals surface area contributed by atoms with E-state index in [2.05, 4.69) is 20.7 Å². The molecular weight excluding hydrogens is 326 g/mol. The summed E-state index contributed by atoms with van der Waals surface area (Å²) in [5.74, 6) is -1.37. The monoisotopic (exact) mass is 339 g/mol. The Morgan fingerprint density at radius 2 is 2.17 bits per heavy atom. The second-order valence-electron chi connectivity index (χ2n) is 4.13. The lowest BCUT2D eigenvalue weighted by Crippen LogP contribution is -2.25. The molecule has 1 aromatic rings. The predicted molar refractivity (Wildman–Crippen MR) is 68.0 cm³/mol. The van der Waals surface area contributed by atoms with Gasteiger partial charge in [0.1, 0.15) is 4.90 Å². The summed E-state index contributed by atoms with van der Waals surface area (Å²) < 4.78 is 30.8. The first kappa shape index (κ1) is 15.2. The third-order valence-corrected chi connectivity index (χ3v) is 4.49. The van der Waals surface area contributed by atoms with Crippen LogP contribution in [-0.2, 0) is 10.0 Å². The van der Waals surface area contributed by atoms with Gasteiger partial charge in [-0.3, -0.25) is 0 Å². The highest BCUT2D eigenvalue weighted by molar-refractivity contribution is 9.10. The first-order chi connectivity index (χ1) is 8.24. The third-order valence-electron chi connectivity index (χ3n) is 2.17. The van der Waals surface area contributed by atoms with E-state index >= 15 is 0 Å². The van der Waals surface area contributed by atoms with Crippen LogP contribution in [0.3, 0.4) is 0 Å². The summed E-state index contributed by atoms with van der Waals surface area (Å²) >= 11 is 2.89. The van der Waals surface area contributed by atoms with E-state index in [-0.39, 0.29) is 9.56 Å². The van der Waals surface area contributed by atoms with Crippen molar-refractivity contribution in [2.75, 3.05) is 6.54 Å². The fraction of sp³-hybridized carbons (Fsp3) is 0.500. The smallest absolute Gasteiger partial charge is 0.371 e. The van der Waals surface area contributed by atoms with Crippen LogP contribution in [-0.4, -0.2) is 26.0 Å². The SMILES string of the molecule is CC(C)CCNS(=O)(=O)c1cc(C(=O)O)oc1Br. The molecule has 1 rings (SSSR count). The van der Waals surface area contributed by atoms with Crippen LogP contribution in [0, 0.1) is 5.92 Å². The van der Waals surface area contributed by atoms with Gasteiger partial charge in [0.05, 0.1) is 0 Å². The van der Waals surface area contributed by atoms with Gasteiger partial charge in [0.2, 0.25) is 15.8 Å². The van der Waals surface area contributed by atoms with Crippen molar-refractivity contribution in [3.8, 4) is 0 Å². The number of aromatic carboxylic acids is 1. The van der Waals surface area contributed by atoms with Crippen LogP contribution in [0.4, 0.5) is 0 Å². The molecule has 0 atom stereocenters. The highest BCUT2D eigenvalue weighted by Crippen LogP contribution is 2.26. The lowest BCUT2D eigenvalue weighted by molar-refractivity contribution is 0.0661. The topological polar surface area (TPSA) is 96.6 Å². The first-order valence-electron chi connectivity index (χ1n) is 5.26. The summed E-state index contributed by atoms with van der Waals surface area (Å²) in [4.78, 5) is 10.5. The van der Waals surface area contributed by atoms with Gasteiger partial charge in [-0.1, -0.05) is 13.8 Å². The molecule has 0 unspecified atom stereocenters. The molecule has 18 heavy (non-hydrogen) atoms. The first-order valence-corrected chi connectivity index (χ1v) is 7.54. The third kappa shape index (κ3) is 3.82. The molecule has 0 aliphatic heterocycles. The normalized spacial score (nSPS) is 12.0. The van der Waals surface area contributed by atoms with E-state index in [1.54, 1.807) is 0 Å². The molecular formula is C10H14BrNO5S. The minimum absolute atomic E-state index is 0.114. The van der Waals surface area contributed by atoms with Crippen molar-refractivity contribution in [1.82, 2.24) is 4.72 Å². The van der Waals surface area contributed by atoms with E-state index in [0.717, 1.165) is 6.07 Å². The molecule has 0 spiro atoms. The molecule has 0 saturated carbocycles. The Kier molecular flexibility index (Phi) is 4.94. The lowest BCUT2D eigenvalue weighted by atomic mass is 10.1. The van der Waals surface area contributed by atoms with Gasteiger partial charge < -0.3 is 9.52 Å². The molecule has 102 valence electrons. The number of hydrogen-bond donors (Lipinski definition) is 2. The predicted octanol–water partition coefficient (Wildman–Crippen LogP) is 2.06. The van der Waals surface area contributed by atoms with E-state index in [4.69, 9.17) is 9.52 Å². The number of furan rings is 1. The second kappa shape index (κ2) is 5.85. The minimum Gasteiger partial charge on any atom is -0.475 e. The van der Waals surface area contributed by atoms with Crippen LogP contribution in [0.1, 0.15) is 30.8 Å².